The van der Waals surface area contributed by atoms with E-state index in [0.29, 0.717) is 17.9 Å². The van der Waals surface area contributed by atoms with Crippen molar-refractivity contribution in [2.24, 2.45) is 0 Å². The Bertz CT molecular complexity index is 608. The molecule has 2 rings (SSSR count). The zero-order chi connectivity index (χ0) is 13.8. The van der Waals surface area contributed by atoms with Crippen LogP contribution in [0, 0.1) is 3.57 Å². The third-order valence-electron chi connectivity index (χ3n) is 2.70. The fourth-order valence-corrected chi connectivity index (χ4v) is 2.22. The number of ketones is 1. The molecule has 4 heteroatoms. The summed E-state index contributed by atoms with van der Waals surface area (Å²) in [5.74, 6) is 0.330. The van der Waals surface area contributed by atoms with Gasteiger partial charge < -0.3 is 9.84 Å². The van der Waals surface area contributed by atoms with Crippen LogP contribution in [0.2, 0.25) is 0 Å². The summed E-state index contributed by atoms with van der Waals surface area (Å²) in [6.45, 7) is 1.85. The maximum absolute atomic E-state index is 11.2. The normalized spacial score (nSPS) is 10.2. The Balaban J connectivity index is 2.11. The highest BCUT2D eigenvalue weighted by atomic mass is 127. The summed E-state index contributed by atoms with van der Waals surface area (Å²) < 4.78 is 6.74. The van der Waals surface area contributed by atoms with Crippen molar-refractivity contribution in [2.75, 3.05) is 0 Å². The van der Waals surface area contributed by atoms with E-state index in [-0.39, 0.29) is 11.5 Å². The van der Waals surface area contributed by atoms with Crippen LogP contribution in [0.4, 0.5) is 0 Å². The molecule has 1 N–H and O–H groups in total. The van der Waals surface area contributed by atoms with Crippen molar-refractivity contribution in [1.29, 1.82) is 0 Å². The van der Waals surface area contributed by atoms with Crippen molar-refractivity contribution in [2.45, 2.75) is 13.5 Å². The molecule has 3 nitrogen and oxygen atoms in total. The van der Waals surface area contributed by atoms with E-state index in [0.717, 1.165) is 9.13 Å². The fourth-order valence-electron chi connectivity index (χ4n) is 1.68. The lowest BCUT2D eigenvalue weighted by atomic mass is 10.1. The largest absolute Gasteiger partial charge is 0.507 e. The van der Waals surface area contributed by atoms with Crippen molar-refractivity contribution in [1.82, 2.24) is 0 Å². The van der Waals surface area contributed by atoms with Gasteiger partial charge in [0.25, 0.3) is 0 Å². The Labute approximate surface area is 125 Å². The molecular weight excluding hydrogens is 355 g/mol. The Hall–Kier alpha value is -1.56. The second-order valence-corrected chi connectivity index (χ2v) is 5.28. The molecule has 98 valence electrons. The van der Waals surface area contributed by atoms with Crippen LogP contribution in [0.1, 0.15) is 22.8 Å². The highest BCUT2D eigenvalue weighted by molar-refractivity contribution is 14.1. The molecular formula is C15H13IO3. The molecule has 0 unspecified atom stereocenters. The minimum Gasteiger partial charge on any atom is -0.507 e. The number of phenols is 1. The molecule has 0 aromatic heterocycles. The number of Topliss-reactive ketones (excluding diaryl/α,β-unsaturated/α-hetero) is 1. The van der Waals surface area contributed by atoms with Crippen molar-refractivity contribution in [3.8, 4) is 11.5 Å². The van der Waals surface area contributed by atoms with E-state index in [4.69, 9.17) is 4.74 Å². The number of ether oxygens (including phenoxy) is 1. The molecule has 0 fully saturated rings. The minimum atomic E-state index is -0.165. The molecule has 0 bridgehead atoms. The number of hydrogen-bond acceptors (Lipinski definition) is 3. The lowest BCUT2D eigenvalue weighted by molar-refractivity contribution is 0.101. The minimum absolute atomic E-state index is 0.0484. The van der Waals surface area contributed by atoms with Gasteiger partial charge in [0.15, 0.2) is 5.78 Å². The van der Waals surface area contributed by atoms with Gasteiger partial charge >= 0.3 is 0 Å². The number of carbonyl (C=O) groups excluding carboxylic acids is 1. The standard InChI is InChI=1S/C15H13IO3/c1-10(17)13-7-6-12(8-15(13)18)19-9-11-4-2-3-5-14(11)16/h2-8,18H,9H2,1H3. The SMILES string of the molecule is CC(=O)c1ccc(OCc2ccccc2I)cc1O. The molecule has 0 aliphatic carbocycles. The second-order valence-electron chi connectivity index (χ2n) is 4.12. The Morgan fingerprint density at radius 1 is 1.26 bits per heavy atom. The maximum atomic E-state index is 11.2. The lowest BCUT2D eigenvalue weighted by Crippen LogP contribution is -1.98. The fraction of sp³-hybridized carbons (Fsp3) is 0.133. The molecule has 19 heavy (non-hydrogen) atoms. The van der Waals surface area contributed by atoms with Crippen LogP contribution < -0.4 is 4.74 Å². The number of rotatable bonds is 4. The number of phenolic OH excluding ortho intramolecular Hbond substituents is 1. The summed E-state index contributed by atoms with van der Waals surface area (Å²) in [7, 11) is 0. The van der Waals surface area contributed by atoms with Crippen LogP contribution in [0.3, 0.4) is 0 Å². The van der Waals surface area contributed by atoms with Crippen LogP contribution in [0.15, 0.2) is 42.5 Å². The number of aromatic hydroxyl groups is 1. The predicted octanol–water partition coefficient (Wildman–Crippen LogP) is 3.78. The summed E-state index contributed by atoms with van der Waals surface area (Å²) in [4.78, 5) is 11.2. The zero-order valence-corrected chi connectivity index (χ0v) is 12.5. The number of hydrogen-bond donors (Lipinski definition) is 1. The molecule has 2 aromatic carbocycles. The van der Waals surface area contributed by atoms with Gasteiger partial charge in [0.1, 0.15) is 18.1 Å². The first-order valence-electron chi connectivity index (χ1n) is 5.78. The van der Waals surface area contributed by atoms with Gasteiger partial charge in [-0.25, -0.2) is 0 Å². The molecule has 0 amide bonds. The lowest BCUT2D eigenvalue weighted by Gasteiger charge is -2.09. The number of benzene rings is 2. The maximum Gasteiger partial charge on any atom is 0.163 e. The molecule has 0 saturated heterocycles. The first-order chi connectivity index (χ1) is 9.08. The van der Waals surface area contributed by atoms with E-state index >= 15 is 0 Å². The highest BCUT2D eigenvalue weighted by Gasteiger charge is 2.08. The van der Waals surface area contributed by atoms with Crippen molar-refractivity contribution < 1.29 is 14.6 Å². The van der Waals surface area contributed by atoms with Gasteiger partial charge in [0.05, 0.1) is 5.56 Å². The second kappa shape index (κ2) is 6.06. The van der Waals surface area contributed by atoms with Crippen LogP contribution in [0.25, 0.3) is 0 Å². The van der Waals surface area contributed by atoms with Crippen molar-refractivity contribution in [3.05, 3.63) is 57.2 Å². The molecule has 0 radical (unpaired) electrons. The molecule has 0 aliphatic heterocycles. The van der Waals surface area contributed by atoms with Crippen LogP contribution in [0.5, 0.6) is 11.5 Å². The molecule has 0 atom stereocenters. The Morgan fingerprint density at radius 3 is 2.63 bits per heavy atom. The van der Waals surface area contributed by atoms with Gasteiger partial charge in [-0.3, -0.25) is 4.79 Å². The van der Waals surface area contributed by atoms with E-state index in [1.165, 1.54) is 13.0 Å². The summed E-state index contributed by atoms with van der Waals surface area (Å²) in [5.41, 5.74) is 1.39. The third-order valence-corrected chi connectivity index (χ3v) is 3.75. The van der Waals surface area contributed by atoms with Gasteiger partial charge in [-0.2, -0.15) is 0 Å². The van der Waals surface area contributed by atoms with Gasteiger partial charge in [0.2, 0.25) is 0 Å². The van der Waals surface area contributed by atoms with E-state index in [2.05, 4.69) is 22.6 Å². The predicted molar refractivity (Wildman–Crippen MR) is 81.6 cm³/mol. The van der Waals surface area contributed by atoms with Crippen molar-refractivity contribution in [3.63, 3.8) is 0 Å². The molecule has 0 heterocycles. The highest BCUT2D eigenvalue weighted by Crippen LogP contribution is 2.25. The summed E-state index contributed by atoms with van der Waals surface area (Å²) in [6, 6.07) is 12.7. The van der Waals surface area contributed by atoms with Crippen LogP contribution in [-0.4, -0.2) is 10.9 Å². The molecule has 2 aromatic rings. The van der Waals surface area contributed by atoms with Crippen molar-refractivity contribution >= 4 is 28.4 Å². The Kier molecular flexibility index (Phi) is 4.42. The smallest absolute Gasteiger partial charge is 0.163 e. The Morgan fingerprint density at radius 2 is 2.00 bits per heavy atom. The van der Waals surface area contributed by atoms with Crippen LogP contribution >= 0.6 is 22.6 Å². The topological polar surface area (TPSA) is 46.5 Å². The average molecular weight is 368 g/mol. The van der Waals surface area contributed by atoms with E-state index in [1.807, 2.05) is 24.3 Å². The first-order valence-corrected chi connectivity index (χ1v) is 6.86. The monoisotopic (exact) mass is 368 g/mol. The number of carbonyl (C=O) groups is 1. The van der Waals surface area contributed by atoms with E-state index in [1.54, 1.807) is 12.1 Å². The zero-order valence-electron chi connectivity index (χ0n) is 10.4. The molecule has 0 saturated carbocycles. The van der Waals surface area contributed by atoms with Crippen LogP contribution in [-0.2, 0) is 6.61 Å². The number of halogens is 1. The van der Waals surface area contributed by atoms with Gasteiger partial charge in [-0.1, -0.05) is 18.2 Å². The third kappa shape index (κ3) is 3.47. The van der Waals surface area contributed by atoms with E-state index < -0.39 is 0 Å². The van der Waals surface area contributed by atoms with E-state index in [9.17, 15) is 9.90 Å². The summed E-state index contributed by atoms with van der Waals surface area (Å²) >= 11 is 2.25. The van der Waals surface area contributed by atoms with Gasteiger partial charge in [-0.15, -0.1) is 0 Å². The molecule has 0 spiro atoms. The molecule has 0 aliphatic rings. The van der Waals surface area contributed by atoms with Gasteiger partial charge in [0, 0.05) is 15.2 Å². The van der Waals surface area contributed by atoms with Gasteiger partial charge in [-0.05, 0) is 47.7 Å². The summed E-state index contributed by atoms with van der Waals surface area (Å²) in [5, 5.41) is 9.71. The first kappa shape index (κ1) is 13.9. The average Bonchev–Trinajstić information content (AvgIpc) is 2.37. The quantitative estimate of drug-likeness (QED) is 0.660. The summed E-state index contributed by atoms with van der Waals surface area (Å²) in [6.07, 6.45) is 0.